The molecular weight excluding hydrogens is 211 g/mol. The van der Waals surface area contributed by atoms with Gasteiger partial charge in [0.15, 0.2) is 0 Å². The minimum Gasteiger partial charge on any atom is -0.545 e. The predicted octanol–water partition coefficient (Wildman–Crippen LogP) is -1.28. The molecule has 2 aromatic rings. The number of carboxylic acid groups (broad SMARTS) is 1. The average molecular weight is 220 g/mol. The molecule has 0 unspecified atom stereocenters. The Bertz CT molecular complexity index is 480. The third-order valence-corrected chi connectivity index (χ3v) is 2.23. The Hall–Kier alpha value is -1.09. The van der Waals surface area contributed by atoms with Crippen LogP contribution in [0, 0.1) is 0 Å². The largest absolute Gasteiger partial charge is 1.00 e. The van der Waals surface area contributed by atoms with Gasteiger partial charge in [-0.2, -0.15) is 0 Å². The Morgan fingerprint density at radius 3 is 2.06 bits per heavy atom. The maximum absolute atomic E-state index is 10.9. The minimum atomic E-state index is -1.14. The first-order valence-corrected chi connectivity index (χ1v) is 4.65. The van der Waals surface area contributed by atoms with Crippen LogP contribution in [0.25, 0.3) is 11.1 Å². The van der Waals surface area contributed by atoms with Gasteiger partial charge >= 0.3 is 29.6 Å². The second-order valence-electron chi connectivity index (χ2n) is 3.20. The summed E-state index contributed by atoms with van der Waals surface area (Å²) in [6.45, 7) is 0. The first-order chi connectivity index (χ1) is 7.29. The molecule has 0 amide bonds. The van der Waals surface area contributed by atoms with Gasteiger partial charge in [-0.3, -0.25) is 0 Å². The van der Waals surface area contributed by atoms with Crippen molar-refractivity contribution in [2.24, 2.45) is 0 Å². The van der Waals surface area contributed by atoms with Gasteiger partial charge in [0, 0.05) is 5.56 Å². The molecule has 0 N–H and O–H groups in total. The van der Waals surface area contributed by atoms with Crippen LogP contribution in [0.4, 0.5) is 0 Å². The van der Waals surface area contributed by atoms with E-state index in [4.69, 9.17) is 0 Å². The molecular formula is C13H9NaO2. The van der Waals surface area contributed by atoms with Crippen molar-refractivity contribution in [3.63, 3.8) is 0 Å². The van der Waals surface area contributed by atoms with E-state index in [2.05, 4.69) is 0 Å². The summed E-state index contributed by atoms with van der Waals surface area (Å²) in [7, 11) is 0. The Morgan fingerprint density at radius 2 is 1.44 bits per heavy atom. The van der Waals surface area contributed by atoms with Crippen molar-refractivity contribution < 1.29 is 39.5 Å². The summed E-state index contributed by atoms with van der Waals surface area (Å²) < 4.78 is 0. The number of rotatable bonds is 2. The van der Waals surface area contributed by atoms with Crippen molar-refractivity contribution in [2.75, 3.05) is 0 Å². The summed E-state index contributed by atoms with van der Waals surface area (Å²) in [6.07, 6.45) is 0. The molecule has 0 fully saturated rings. The van der Waals surface area contributed by atoms with Crippen LogP contribution < -0.4 is 34.7 Å². The Balaban J connectivity index is 0.00000128. The van der Waals surface area contributed by atoms with Crippen molar-refractivity contribution >= 4 is 5.97 Å². The van der Waals surface area contributed by atoms with E-state index >= 15 is 0 Å². The monoisotopic (exact) mass is 220 g/mol. The van der Waals surface area contributed by atoms with Gasteiger partial charge in [-0.1, -0.05) is 54.6 Å². The molecule has 0 heterocycles. The van der Waals surface area contributed by atoms with Gasteiger partial charge in [0.25, 0.3) is 0 Å². The molecule has 2 aromatic carbocycles. The van der Waals surface area contributed by atoms with Gasteiger partial charge in [-0.05, 0) is 11.1 Å². The average Bonchev–Trinajstić information content (AvgIpc) is 2.30. The van der Waals surface area contributed by atoms with Gasteiger partial charge in [0.2, 0.25) is 0 Å². The summed E-state index contributed by atoms with van der Waals surface area (Å²) in [5, 5.41) is 10.9. The molecule has 0 aliphatic rings. The quantitative estimate of drug-likeness (QED) is 0.591. The molecule has 16 heavy (non-hydrogen) atoms. The third kappa shape index (κ3) is 2.73. The molecule has 3 heteroatoms. The van der Waals surface area contributed by atoms with Crippen LogP contribution in [-0.4, -0.2) is 5.97 Å². The van der Waals surface area contributed by atoms with Gasteiger partial charge in [0.05, 0.1) is 5.97 Å². The molecule has 0 spiro atoms. The summed E-state index contributed by atoms with van der Waals surface area (Å²) >= 11 is 0. The summed E-state index contributed by atoms with van der Waals surface area (Å²) in [5.74, 6) is -1.14. The molecule has 0 saturated carbocycles. The number of carbonyl (C=O) groups excluding carboxylic acids is 1. The number of aromatic carboxylic acids is 1. The van der Waals surface area contributed by atoms with E-state index in [0.29, 0.717) is 5.56 Å². The second-order valence-corrected chi connectivity index (χ2v) is 3.20. The molecule has 0 aliphatic heterocycles. The third-order valence-electron chi connectivity index (χ3n) is 2.23. The standard InChI is InChI=1S/C13H10O2.Na/c14-13(15)12-9-5-4-8-11(12)10-6-2-1-3-7-10;/h1-9H,(H,14,15);/q;+1/p-1. The maximum atomic E-state index is 10.9. The molecule has 0 saturated heterocycles. The van der Waals surface area contributed by atoms with Gasteiger partial charge in [-0.15, -0.1) is 0 Å². The number of hydrogen-bond donors (Lipinski definition) is 0. The summed E-state index contributed by atoms with van der Waals surface area (Å²) in [6, 6.07) is 16.2. The Morgan fingerprint density at radius 1 is 0.875 bits per heavy atom. The zero-order valence-corrected chi connectivity index (χ0v) is 11.0. The maximum Gasteiger partial charge on any atom is 1.00 e. The van der Waals surface area contributed by atoms with Crippen molar-refractivity contribution in [3.05, 3.63) is 60.2 Å². The number of carbonyl (C=O) groups is 1. The molecule has 0 aliphatic carbocycles. The van der Waals surface area contributed by atoms with E-state index < -0.39 is 5.97 Å². The molecule has 74 valence electrons. The van der Waals surface area contributed by atoms with Gasteiger partial charge in [0.1, 0.15) is 0 Å². The fraction of sp³-hybridized carbons (Fsp3) is 0. The van der Waals surface area contributed by atoms with Gasteiger partial charge in [-0.25, -0.2) is 0 Å². The minimum absolute atomic E-state index is 0. The van der Waals surface area contributed by atoms with Crippen molar-refractivity contribution in [1.82, 2.24) is 0 Å². The van der Waals surface area contributed by atoms with Crippen LogP contribution in [0.15, 0.2) is 54.6 Å². The van der Waals surface area contributed by atoms with Crippen LogP contribution in [0.3, 0.4) is 0 Å². The molecule has 0 bridgehead atoms. The van der Waals surface area contributed by atoms with E-state index in [0.717, 1.165) is 5.56 Å². The Kier molecular flexibility index (Phi) is 4.74. The van der Waals surface area contributed by atoms with Crippen molar-refractivity contribution in [1.29, 1.82) is 0 Å². The van der Waals surface area contributed by atoms with E-state index in [9.17, 15) is 9.90 Å². The fourth-order valence-corrected chi connectivity index (χ4v) is 1.53. The first-order valence-electron chi connectivity index (χ1n) is 4.65. The van der Waals surface area contributed by atoms with Crippen molar-refractivity contribution in [3.8, 4) is 11.1 Å². The SMILES string of the molecule is O=C([O-])c1ccccc1-c1ccccc1.[Na+]. The number of carboxylic acids is 1. The van der Waals surface area contributed by atoms with E-state index in [1.807, 2.05) is 36.4 Å². The Labute approximate surface area is 116 Å². The van der Waals surface area contributed by atoms with Crippen LogP contribution in [0.1, 0.15) is 10.4 Å². The smallest absolute Gasteiger partial charge is 0.545 e. The number of hydrogen-bond acceptors (Lipinski definition) is 2. The second kappa shape index (κ2) is 5.85. The zero-order valence-electron chi connectivity index (χ0n) is 9.01. The van der Waals surface area contributed by atoms with Crippen LogP contribution >= 0.6 is 0 Å². The molecule has 0 atom stereocenters. The fourth-order valence-electron chi connectivity index (χ4n) is 1.53. The van der Waals surface area contributed by atoms with Crippen LogP contribution in [-0.2, 0) is 0 Å². The summed E-state index contributed by atoms with van der Waals surface area (Å²) in [5.41, 5.74) is 1.80. The molecule has 0 aromatic heterocycles. The predicted molar refractivity (Wildman–Crippen MR) is 56.2 cm³/mol. The van der Waals surface area contributed by atoms with E-state index in [1.54, 1.807) is 18.2 Å². The summed E-state index contributed by atoms with van der Waals surface area (Å²) in [4.78, 5) is 10.9. The van der Waals surface area contributed by atoms with Gasteiger partial charge < -0.3 is 9.90 Å². The van der Waals surface area contributed by atoms with E-state index in [-0.39, 0.29) is 35.1 Å². The topological polar surface area (TPSA) is 40.1 Å². The van der Waals surface area contributed by atoms with Crippen LogP contribution in [0.2, 0.25) is 0 Å². The molecule has 2 nitrogen and oxygen atoms in total. The van der Waals surface area contributed by atoms with E-state index in [1.165, 1.54) is 0 Å². The first kappa shape index (κ1) is 13.0. The van der Waals surface area contributed by atoms with Crippen molar-refractivity contribution in [2.45, 2.75) is 0 Å². The number of benzene rings is 2. The van der Waals surface area contributed by atoms with Crippen LogP contribution in [0.5, 0.6) is 0 Å². The zero-order chi connectivity index (χ0) is 10.7. The molecule has 0 radical (unpaired) electrons. The molecule has 2 rings (SSSR count). The normalized spacial score (nSPS) is 9.25.